The first-order chi connectivity index (χ1) is 19.2. The maximum absolute atomic E-state index is 5.36. The van der Waals surface area contributed by atoms with Crippen molar-refractivity contribution in [2.75, 3.05) is 4.90 Å². The van der Waals surface area contributed by atoms with Gasteiger partial charge in [0.15, 0.2) is 0 Å². The fraction of sp³-hybridized carbons (Fsp3) is 0.0833. The predicted molar refractivity (Wildman–Crippen MR) is 163 cm³/mol. The zero-order chi connectivity index (χ0) is 25.7. The van der Waals surface area contributed by atoms with Crippen LogP contribution in [-0.2, 0) is 0 Å². The molecule has 1 atom stereocenters. The lowest BCUT2D eigenvalue weighted by molar-refractivity contribution is 0.603. The number of hydrogen-bond donors (Lipinski definition) is 0. The van der Waals surface area contributed by atoms with Crippen molar-refractivity contribution >= 4 is 55.3 Å². The third-order valence-electron chi connectivity index (χ3n) is 8.89. The number of rotatable bonds is 2. The van der Waals surface area contributed by atoms with E-state index in [1.807, 2.05) is 0 Å². The Morgan fingerprint density at radius 1 is 0.744 bits per heavy atom. The van der Waals surface area contributed by atoms with Gasteiger partial charge in [-0.15, -0.1) is 0 Å². The van der Waals surface area contributed by atoms with Crippen molar-refractivity contribution in [2.24, 2.45) is 0 Å². The monoisotopic (exact) mass is 499 g/mol. The SMILES string of the molecule is CC12CC=CC=C1c1c(c3c4ccccc4c4cccc1n43)N2c1cc(-c2ccccc2)c2ccccc2n1. The summed E-state index contributed by atoms with van der Waals surface area (Å²) in [6.07, 6.45) is 7.77. The van der Waals surface area contributed by atoms with Gasteiger partial charge in [-0.1, -0.05) is 97.1 Å². The van der Waals surface area contributed by atoms with E-state index in [9.17, 15) is 0 Å². The highest BCUT2D eigenvalue weighted by Crippen LogP contribution is 2.59. The van der Waals surface area contributed by atoms with Crippen LogP contribution in [0, 0.1) is 0 Å². The van der Waals surface area contributed by atoms with Gasteiger partial charge in [0.2, 0.25) is 0 Å². The van der Waals surface area contributed by atoms with Crippen molar-refractivity contribution in [1.29, 1.82) is 0 Å². The van der Waals surface area contributed by atoms with Crippen molar-refractivity contribution in [3.63, 3.8) is 0 Å². The molecule has 3 heteroatoms. The molecule has 3 nitrogen and oxygen atoms in total. The molecule has 4 aromatic heterocycles. The Morgan fingerprint density at radius 2 is 1.49 bits per heavy atom. The summed E-state index contributed by atoms with van der Waals surface area (Å²) in [5.41, 5.74) is 11.0. The zero-order valence-corrected chi connectivity index (χ0v) is 21.6. The van der Waals surface area contributed by atoms with Gasteiger partial charge in [-0.2, -0.15) is 0 Å². The second-order valence-corrected chi connectivity index (χ2v) is 11.0. The Bertz CT molecular complexity index is 2170. The molecule has 39 heavy (non-hydrogen) atoms. The minimum absolute atomic E-state index is 0.235. The average Bonchev–Trinajstić information content (AvgIpc) is 3.59. The van der Waals surface area contributed by atoms with Crippen LogP contribution in [0.1, 0.15) is 18.9 Å². The number of benzene rings is 3. The molecule has 1 aliphatic heterocycles. The molecule has 7 aromatic rings. The summed E-state index contributed by atoms with van der Waals surface area (Å²) in [6.45, 7) is 2.38. The van der Waals surface area contributed by atoms with E-state index < -0.39 is 0 Å². The van der Waals surface area contributed by atoms with Crippen LogP contribution in [0.4, 0.5) is 11.5 Å². The lowest BCUT2D eigenvalue weighted by Crippen LogP contribution is -2.41. The van der Waals surface area contributed by atoms with Gasteiger partial charge in [0.25, 0.3) is 0 Å². The summed E-state index contributed by atoms with van der Waals surface area (Å²) in [4.78, 5) is 7.91. The van der Waals surface area contributed by atoms with E-state index >= 15 is 0 Å². The van der Waals surface area contributed by atoms with Gasteiger partial charge in [0, 0.05) is 21.7 Å². The summed E-state index contributed by atoms with van der Waals surface area (Å²) in [7, 11) is 0. The molecule has 0 spiro atoms. The molecule has 0 saturated carbocycles. The Morgan fingerprint density at radius 3 is 2.36 bits per heavy atom. The van der Waals surface area contributed by atoms with Crippen LogP contribution >= 0.6 is 0 Å². The summed E-state index contributed by atoms with van der Waals surface area (Å²) < 4.78 is 2.47. The maximum Gasteiger partial charge on any atom is 0.135 e. The average molecular weight is 500 g/mol. The first kappa shape index (κ1) is 21.1. The van der Waals surface area contributed by atoms with Gasteiger partial charge in [0.1, 0.15) is 5.82 Å². The highest BCUT2D eigenvalue weighted by molar-refractivity contribution is 6.21. The minimum Gasteiger partial charge on any atom is -0.313 e. The van der Waals surface area contributed by atoms with Crippen molar-refractivity contribution < 1.29 is 0 Å². The Labute approximate surface area is 226 Å². The summed E-state index contributed by atoms with van der Waals surface area (Å²) in [5.74, 6) is 0.994. The molecule has 5 heterocycles. The number of aromatic nitrogens is 2. The van der Waals surface area contributed by atoms with Gasteiger partial charge in [0.05, 0.1) is 33.3 Å². The topological polar surface area (TPSA) is 20.5 Å². The zero-order valence-electron chi connectivity index (χ0n) is 21.6. The maximum atomic E-state index is 5.36. The molecular formula is C36H25N3. The molecule has 9 rings (SSSR count). The highest BCUT2D eigenvalue weighted by Gasteiger charge is 2.49. The van der Waals surface area contributed by atoms with Crippen molar-refractivity contribution in [3.05, 3.63) is 127 Å². The van der Waals surface area contributed by atoms with Crippen molar-refractivity contribution in [1.82, 2.24) is 9.38 Å². The van der Waals surface area contributed by atoms with Crippen molar-refractivity contribution in [3.8, 4) is 11.1 Å². The van der Waals surface area contributed by atoms with Gasteiger partial charge in [-0.3, -0.25) is 0 Å². The quantitative estimate of drug-likeness (QED) is 0.236. The van der Waals surface area contributed by atoms with E-state index in [-0.39, 0.29) is 5.54 Å². The number of allylic oxidation sites excluding steroid dienone is 2. The van der Waals surface area contributed by atoms with E-state index in [2.05, 4.69) is 138 Å². The van der Waals surface area contributed by atoms with Crippen LogP contribution in [-0.4, -0.2) is 14.9 Å². The van der Waals surface area contributed by atoms with Crippen LogP contribution in [0.3, 0.4) is 0 Å². The van der Waals surface area contributed by atoms with E-state index in [0.29, 0.717) is 0 Å². The molecule has 0 fully saturated rings. The van der Waals surface area contributed by atoms with Crippen LogP contribution in [0.25, 0.3) is 54.9 Å². The molecule has 0 amide bonds. The second-order valence-electron chi connectivity index (χ2n) is 11.0. The summed E-state index contributed by atoms with van der Waals surface area (Å²) in [6, 6.07) is 37.1. The smallest absolute Gasteiger partial charge is 0.135 e. The van der Waals surface area contributed by atoms with E-state index in [1.165, 1.54) is 60.7 Å². The third kappa shape index (κ3) is 2.60. The molecule has 3 aromatic carbocycles. The number of fused-ring (bicyclic) bond motifs is 9. The number of para-hydroxylation sites is 1. The van der Waals surface area contributed by atoms with Crippen LogP contribution < -0.4 is 4.90 Å². The van der Waals surface area contributed by atoms with E-state index in [0.717, 1.165) is 17.8 Å². The molecule has 2 aliphatic rings. The lowest BCUT2D eigenvalue weighted by Gasteiger charge is -2.38. The van der Waals surface area contributed by atoms with E-state index in [1.54, 1.807) is 0 Å². The number of nitrogens with zero attached hydrogens (tertiary/aromatic N) is 3. The molecule has 0 saturated heterocycles. The Kier molecular flexibility index (Phi) is 3.98. The fourth-order valence-corrected chi connectivity index (χ4v) is 7.21. The van der Waals surface area contributed by atoms with Crippen LogP contribution in [0.2, 0.25) is 0 Å². The first-order valence-electron chi connectivity index (χ1n) is 13.6. The molecule has 184 valence electrons. The van der Waals surface area contributed by atoms with Crippen LogP contribution in [0.5, 0.6) is 0 Å². The Hall–Kier alpha value is -4.89. The van der Waals surface area contributed by atoms with Gasteiger partial charge in [-0.05, 0) is 54.3 Å². The van der Waals surface area contributed by atoms with E-state index in [4.69, 9.17) is 4.98 Å². The van der Waals surface area contributed by atoms with Crippen LogP contribution in [0.15, 0.2) is 121 Å². The van der Waals surface area contributed by atoms with Crippen molar-refractivity contribution in [2.45, 2.75) is 18.9 Å². The summed E-state index contributed by atoms with van der Waals surface area (Å²) in [5, 5.41) is 3.76. The normalized spacial score (nSPS) is 18.4. The molecule has 1 unspecified atom stereocenters. The molecule has 0 bridgehead atoms. The molecular weight excluding hydrogens is 474 g/mol. The number of hydrogen-bond acceptors (Lipinski definition) is 2. The largest absolute Gasteiger partial charge is 0.313 e. The molecule has 0 N–H and O–H groups in total. The lowest BCUT2D eigenvalue weighted by atomic mass is 9.83. The number of pyridine rings is 2. The van der Waals surface area contributed by atoms with Gasteiger partial charge < -0.3 is 9.30 Å². The van der Waals surface area contributed by atoms with Gasteiger partial charge >= 0.3 is 0 Å². The fourth-order valence-electron chi connectivity index (χ4n) is 7.21. The molecule has 1 aliphatic carbocycles. The summed E-state index contributed by atoms with van der Waals surface area (Å²) >= 11 is 0. The third-order valence-corrected chi connectivity index (χ3v) is 8.89. The Balaban J connectivity index is 1.44. The first-order valence-corrected chi connectivity index (χ1v) is 13.6. The van der Waals surface area contributed by atoms with Gasteiger partial charge in [-0.25, -0.2) is 4.98 Å². The molecule has 0 radical (unpaired) electrons. The predicted octanol–water partition coefficient (Wildman–Crippen LogP) is 9.15. The highest BCUT2D eigenvalue weighted by atomic mass is 15.3. The second kappa shape index (κ2) is 7.36. The standard InChI is InChI=1S/C36H25N3/c1-36-21-10-9-17-28(36)33-31-20-11-19-30-25-15-5-6-16-26(25)34(38(30)31)35(33)39(36)32-22-27(23-12-3-2-4-13-23)24-14-7-8-18-29(24)37-32/h2-20,22H,21H2,1H3. The minimum atomic E-state index is -0.235. The number of anilines is 2.